The van der Waals surface area contributed by atoms with E-state index >= 15 is 0 Å². The highest BCUT2D eigenvalue weighted by molar-refractivity contribution is 6.19. The zero-order valence-electron chi connectivity index (χ0n) is 33.6. The first-order valence-electron chi connectivity index (χ1n) is 20.9. The van der Waals surface area contributed by atoms with Gasteiger partial charge in [0, 0.05) is 49.6 Å². The Morgan fingerprint density at radius 2 is 0.613 bits per heavy atom. The van der Waals surface area contributed by atoms with Gasteiger partial charge in [-0.05, 0) is 76.9 Å². The highest BCUT2D eigenvalue weighted by atomic mass is 15.0. The maximum Gasteiger partial charge on any atom is 0.164 e. The Morgan fingerprint density at radius 3 is 1.21 bits per heavy atom. The number of nitrogens with zero attached hydrogens (tertiary/aromatic N) is 5. The minimum absolute atomic E-state index is 0.629. The van der Waals surface area contributed by atoms with Crippen molar-refractivity contribution in [3.8, 4) is 67.8 Å². The summed E-state index contributed by atoms with van der Waals surface area (Å²) in [7, 11) is 0. The fourth-order valence-corrected chi connectivity index (χ4v) is 9.00. The van der Waals surface area contributed by atoms with E-state index in [1.807, 2.05) is 36.4 Å². The van der Waals surface area contributed by atoms with Crippen LogP contribution in [0.15, 0.2) is 224 Å². The summed E-state index contributed by atoms with van der Waals surface area (Å²) in [5.74, 6) is 1.90. The number of hydrogen-bond acceptors (Lipinski definition) is 3. The molecule has 0 saturated carbocycles. The highest BCUT2D eigenvalue weighted by Gasteiger charge is 2.19. The van der Waals surface area contributed by atoms with Gasteiger partial charge in [0.1, 0.15) is 0 Å². The number of para-hydroxylation sites is 3. The highest BCUT2D eigenvalue weighted by Crippen LogP contribution is 2.40. The van der Waals surface area contributed by atoms with Crippen molar-refractivity contribution in [2.45, 2.75) is 0 Å². The van der Waals surface area contributed by atoms with Gasteiger partial charge in [-0.1, -0.05) is 170 Å². The van der Waals surface area contributed by atoms with Crippen molar-refractivity contribution < 1.29 is 0 Å². The second-order valence-electron chi connectivity index (χ2n) is 15.7. The molecule has 0 spiro atoms. The zero-order chi connectivity index (χ0) is 41.0. The Hall–Kier alpha value is -8.41. The molecule has 12 rings (SSSR count). The lowest BCUT2D eigenvalue weighted by atomic mass is 10.0. The molecule has 0 atom stereocenters. The Labute approximate surface area is 358 Å². The molecule has 62 heavy (non-hydrogen) atoms. The Kier molecular flexibility index (Phi) is 8.42. The molecule has 0 saturated heterocycles. The smallest absolute Gasteiger partial charge is 0.164 e. The molecule has 9 aromatic carbocycles. The Morgan fingerprint density at radius 1 is 0.226 bits per heavy atom. The third kappa shape index (κ3) is 6.06. The molecule has 0 aliphatic rings. The van der Waals surface area contributed by atoms with Gasteiger partial charge in [-0.2, -0.15) is 0 Å². The monoisotopic (exact) mass is 791 g/mol. The second kappa shape index (κ2) is 14.7. The largest absolute Gasteiger partial charge is 0.309 e. The number of benzene rings is 9. The Bertz CT molecular complexity index is 3590. The van der Waals surface area contributed by atoms with Gasteiger partial charge in [0.05, 0.1) is 22.1 Å². The summed E-state index contributed by atoms with van der Waals surface area (Å²) >= 11 is 0. The average Bonchev–Trinajstić information content (AvgIpc) is 3.86. The normalized spacial score (nSPS) is 11.5. The van der Waals surface area contributed by atoms with E-state index in [-0.39, 0.29) is 0 Å². The molecule has 5 heteroatoms. The van der Waals surface area contributed by atoms with Crippen LogP contribution >= 0.6 is 0 Å². The summed E-state index contributed by atoms with van der Waals surface area (Å²) in [4.78, 5) is 15.1. The molecule has 290 valence electrons. The molecule has 0 unspecified atom stereocenters. The van der Waals surface area contributed by atoms with E-state index in [1.165, 1.54) is 49.2 Å². The fourth-order valence-electron chi connectivity index (χ4n) is 9.00. The SMILES string of the molecule is c1ccc(-c2ccc(-c3nc(-c4ccccc4)nc(-c4cccc(-c5ccc(-n6c7ccccc7c7cc8c9ccccc9n(-c9ccccc9)c8cc76)cc5)c4)n3)cc2)cc1. The molecule has 0 aliphatic carbocycles. The molecule has 5 nitrogen and oxygen atoms in total. The Balaban J connectivity index is 0.946. The van der Waals surface area contributed by atoms with Crippen molar-refractivity contribution in [3.63, 3.8) is 0 Å². The molecule has 0 amide bonds. The van der Waals surface area contributed by atoms with Crippen LogP contribution < -0.4 is 0 Å². The van der Waals surface area contributed by atoms with Crippen molar-refractivity contribution in [1.82, 2.24) is 24.1 Å². The van der Waals surface area contributed by atoms with E-state index in [0.717, 1.165) is 44.8 Å². The first-order chi connectivity index (χ1) is 30.7. The lowest BCUT2D eigenvalue weighted by Gasteiger charge is -2.12. The first-order valence-corrected chi connectivity index (χ1v) is 20.9. The molecule has 0 aliphatic heterocycles. The third-order valence-electron chi connectivity index (χ3n) is 12.0. The van der Waals surface area contributed by atoms with Crippen molar-refractivity contribution in [2.75, 3.05) is 0 Å². The first kappa shape index (κ1) is 35.5. The molecule has 0 fully saturated rings. The maximum atomic E-state index is 5.08. The summed E-state index contributed by atoms with van der Waals surface area (Å²) in [6.45, 7) is 0. The summed E-state index contributed by atoms with van der Waals surface area (Å²) in [5, 5.41) is 4.96. The molecular weight excluding hydrogens is 755 g/mol. The van der Waals surface area contributed by atoms with Crippen LogP contribution in [-0.4, -0.2) is 24.1 Å². The van der Waals surface area contributed by atoms with E-state index < -0.39 is 0 Å². The van der Waals surface area contributed by atoms with Crippen molar-refractivity contribution in [2.24, 2.45) is 0 Å². The lowest BCUT2D eigenvalue weighted by molar-refractivity contribution is 1.07. The topological polar surface area (TPSA) is 48.5 Å². The third-order valence-corrected chi connectivity index (χ3v) is 12.0. The van der Waals surface area contributed by atoms with Gasteiger partial charge in [-0.25, -0.2) is 15.0 Å². The van der Waals surface area contributed by atoms with E-state index in [2.05, 4.69) is 197 Å². The van der Waals surface area contributed by atoms with Crippen molar-refractivity contribution >= 4 is 43.6 Å². The number of hydrogen-bond donors (Lipinski definition) is 0. The number of aromatic nitrogens is 5. The van der Waals surface area contributed by atoms with E-state index in [0.29, 0.717) is 17.5 Å². The van der Waals surface area contributed by atoms with Crippen LogP contribution in [0.25, 0.3) is 111 Å². The summed E-state index contributed by atoms with van der Waals surface area (Å²) in [5.41, 5.74) is 14.3. The molecular formula is C57H37N5. The van der Waals surface area contributed by atoms with Gasteiger partial charge in [-0.3, -0.25) is 0 Å². The predicted octanol–water partition coefficient (Wildman–Crippen LogP) is 14.4. The quantitative estimate of drug-likeness (QED) is 0.162. The van der Waals surface area contributed by atoms with Gasteiger partial charge in [0.2, 0.25) is 0 Å². The predicted molar refractivity (Wildman–Crippen MR) is 256 cm³/mol. The van der Waals surface area contributed by atoms with Crippen LogP contribution in [0, 0.1) is 0 Å². The van der Waals surface area contributed by atoms with E-state index in [1.54, 1.807) is 0 Å². The summed E-state index contributed by atoms with van der Waals surface area (Å²) < 4.78 is 4.79. The van der Waals surface area contributed by atoms with Crippen LogP contribution in [0.5, 0.6) is 0 Å². The van der Waals surface area contributed by atoms with E-state index in [9.17, 15) is 0 Å². The van der Waals surface area contributed by atoms with E-state index in [4.69, 9.17) is 15.0 Å². The van der Waals surface area contributed by atoms with Gasteiger partial charge < -0.3 is 9.13 Å². The number of fused-ring (bicyclic) bond motifs is 6. The summed E-state index contributed by atoms with van der Waals surface area (Å²) in [6, 6.07) is 79.3. The molecule has 0 bridgehead atoms. The van der Waals surface area contributed by atoms with Gasteiger partial charge in [0.25, 0.3) is 0 Å². The van der Waals surface area contributed by atoms with Crippen LogP contribution in [0.2, 0.25) is 0 Å². The minimum Gasteiger partial charge on any atom is -0.309 e. The van der Waals surface area contributed by atoms with Crippen molar-refractivity contribution in [1.29, 1.82) is 0 Å². The lowest BCUT2D eigenvalue weighted by Crippen LogP contribution is -2.00. The van der Waals surface area contributed by atoms with Gasteiger partial charge >= 0.3 is 0 Å². The average molecular weight is 792 g/mol. The molecule has 3 aromatic heterocycles. The van der Waals surface area contributed by atoms with Crippen molar-refractivity contribution in [3.05, 3.63) is 224 Å². The van der Waals surface area contributed by atoms with Gasteiger partial charge in [0.15, 0.2) is 17.5 Å². The number of rotatable bonds is 7. The standard InChI is InChI=1S/C57H37N5/c1-4-15-38(16-5-1)39-27-29-42(30-28-39)56-58-55(41-17-6-2-7-18-41)59-57(60-56)44-20-14-19-43(35-44)40-31-33-46(34-32-40)62-52-26-13-11-24-48(52)50-36-49-47-23-10-12-25-51(47)61(53(49)37-54(50)62)45-21-8-3-9-22-45/h1-37H. The second-order valence-corrected chi connectivity index (χ2v) is 15.7. The van der Waals surface area contributed by atoms with Crippen LogP contribution in [0.4, 0.5) is 0 Å². The van der Waals surface area contributed by atoms with Gasteiger partial charge in [-0.15, -0.1) is 0 Å². The van der Waals surface area contributed by atoms with Crippen LogP contribution in [-0.2, 0) is 0 Å². The minimum atomic E-state index is 0.629. The molecule has 12 aromatic rings. The van der Waals surface area contributed by atoms with Crippen LogP contribution in [0.1, 0.15) is 0 Å². The zero-order valence-corrected chi connectivity index (χ0v) is 33.6. The van der Waals surface area contributed by atoms with Crippen LogP contribution in [0.3, 0.4) is 0 Å². The molecule has 0 N–H and O–H groups in total. The maximum absolute atomic E-state index is 5.08. The fraction of sp³-hybridized carbons (Fsp3) is 0. The molecule has 3 heterocycles. The summed E-state index contributed by atoms with van der Waals surface area (Å²) in [6.07, 6.45) is 0. The molecule has 0 radical (unpaired) electrons.